The number of carbonyl (C=O) groups is 3. The van der Waals surface area contributed by atoms with Gasteiger partial charge in [-0.05, 0) is 62.9 Å². The molecule has 1 saturated heterocycles. The van der Waals surface area contributed by atoms with E-state index >= 15 is 0 Å². The summed E-state index contributed by atoms with van der Waals surface area (Å²) in [6, 6.07) is 15.0. The van der Waals surface area contributed by atoms with E-state index in [0.29, 0.717) is 17.2 Å². The molecule has 1 fully saturated rings. The number of nitrogens with one attached hydrogen (secondary N) is 1. The van der Waals surface area contributed by atoms with Gasteiger partial charge in [-0.15, -0.1) is 0 Å². The maximum absolute atomic E-state index is 12.9. The number of amides is 1. The van der Waals surface area contributed by atoms with Crippen LogP contribution in [0.1, 0.15) is 59.9 Å². The molecule has 1 aliphatic heterocycles. The molecule has 0 aliphatic carbocycles. The van der Waals surface area contributed by atoms with Crippen LogP contribution < -0.4 is 5.32 Å². The second-order valence-corrected chi connectivity index (χ2v) is 8.89. The van der Waals surface area contributed by atoms with E-state index in [2.05, 4.69) is 36.2 Å². The average molecular weight is 421 g/mol. The number of rotatable bonds is 8. The highest BCUT2D eigenvalue weighted by molar-refractivity contribution is 5.98. The van der Waals surface area contributed by atoms with Crippen molar-refractivity contribution in [3.8, 4) is 0 Å². The molecule has 0 bridgehead atoms. The van der Waals surface area contributed by atoms with Gasteiger partial charge in [-0.1, -0.05) is 50.2 Å². The molecule has 0 unspecified atom stereocenters. The standard InChI is InChI=1S/C26H32N2O3/c1-18(2)15-20-7-9-21(10-8-20)26(31)22-11-13-28(14-12-22)17-25(30)27-24-6-4-5-23(16-24)19(3)29/h4-10,16,18,22H,11-15,17H2,1-3H3,(H,27,30). The molecule has 3 rings (SSSR count). The van der Waals surface area contributed by atoms with Crippen LogP contribution in [0.15, 0.2) is 48.5 Å². The third-order valence-electron chi connectivity index (χ3n) is 5.76. The van der Waals surface area contributed by atoms with Gasteiger partial charge in [-0.25, -0.2) is 0 Å². The Balaban J connectivity index is 1.48. The van der Waals surface area contributed by atoms with E-state index < -0.39 is 0 Å². The Morgan fingerprint density at radius 3 is 2.29 bits per heavy atom. The van der Waals surface area contributed by atoms with E-state index in [1.807, 2.05) is 12.1 Å². The summed E-state index contributed by atoms with van der Waals surface area (Å²) in [5.41, 5.74) is 3.26. The molecule has 2 aromatic carbocycles. The van der Waals surface area contributed by atoms with Gasteiger partial charge in [-0.2, -0.15) is 0 Å². The summed E-state index contributed by atoms with van der Waals surface area (Å²) in [5.74, 6) is 0.688. The first-order valence-electron chi connectivity index (χ1n) is 11.1. The number of benzene rings is 2. The molecule has 1 heterocycles. The lowest BCUT2D eigenvalue weighted by atomic mass is 9.88. The minimum Gasteiger partial charge on any atom is -0.325 e. The first kappa shape index (κ1) is 22.9. The number of likely N-dealkylation sites (tertiary alicyclic amines) is 1. The second kappa shape index (κ2) is 10.5. The molecule has 0 saturated carbocycles. The summed E-state index contributed by atoms with van der Waals surface area (Å²) >= 11 is 0. The summed E-state index contributed by atoms with van der Waals surface area (Å²) in [6.45, 7) is 7.62. The number of nitrogens with zero attached hydrogens (tertiary/aromatic N) is 1. The number of hydrogen-bond donors (Lipinski definition) is 1. The van der Waals surface area contributed by atoms with Crippen LogP contribution in [0.5, 0.6) is 0 Å². The highest BCUT2D eigenvalue weighted by Gasteiger charge is 2.26. The Kier molecular flexibility index (Phi) is 7.75. The van der Waals surface area contributed by atoms with Crippen LogP contribution in [-0.4, -0.2) is 42.0 Å². The molecule has 1 aliphatic rings. The number of piperidine rings is 1. The average Bonchev–Trinajstić information content (AvgIpc) is 2.74. The maximum Gasteiger partial charge on any atom is 0.238 e. The van der Waals surface area contributed by atoms with Crippen molar-refractivity contribution in [1.82, 2.24) is 4.90 Å². The van der Waals surface area contributed by atoms with E-state index in [4.69, 9.17) is 0 Å². The van der Waals surface area contributed by atoms with Gasteiger partial charge in [0.15, 0.2) is 11.6 Å². The summed E-state index contributed by atoms with van der Waals surface area (Å²) in [6.07, 6.45) is 2.55. The molecule has 0 atom stereocenters. The van der Waals surface area contributed by atoms with Crippen LogP contribution >= 0.6 is 0 Å². The fourth-order valence-corrected chi connectivity index (χ4v) is 4.09. The second-order valence-electron chi connectivity index (χ2n) is 8.89. The van der Waals surface area contributed by atoms with Crippen molar-refractivity contribution in [2.45, 2.75) is 40.0 Å². The lowest BCUT2D eigenvalue weighted by Gasteiger charge is -2.30. The molecule has 5 nitrogen and oxygen atoms in total. The molecule has 2 aromatic rings. The first-order chi connectivity index (χ1) is 14.8. The highest BCUT2D eigenvalue weighted by Crippen LogP contribution is 2.22. The van der Waals surface area contributed by atoms with E-state index in [1.165, 1.54) is 12.5 Å². The predicted molar refractivity (Wildman–Crippen MR) is 124 cm³/mol. The van der Waals surface area contributed by atoms with Crippen molar-refractivity contribution in [2.75, 3.05) is 25.0 Å². The molecular formula is C26H32N2O3. The zero-order chi connectivity index (χ0) is 22.4. The Bertz CT molecular complexity index is 926. The monoisotopic (exact) mass is 420 g/mol. The van der Waals surface area contributed by atoms with Crippen LogP contribution in [0.25, 0.3) is 0 Å². The molecule has 1 N–H and O–H groups in total. The van der Waals surface area contributed by atoms with Crippen molar-refractivity contribution in [3.05, 3.63) is 65.2 Å². The smallest absolute Gasteiger partial charge is 0.238 e. The molecule has 0 aromatic heterocycles. The Hall–Kier alpha value is -2.79. The van der Waals surface area contributed by atoms with E-state index in [0.717, 1.165) is 37.9 Å². The molecule has 0 spiro atoms. The number of anilines is 1. The minimum absolute atomic E-state index is 0.0162. The fourth-order valence-electron chi connectivity index (χ4n) is 4.09. The normalized spacial score (nSPS) is 15.1. The molecule has 5 heteroatoms. The predicted octanol–water partition coefficient (Wildman–Crippen LogP) is 4.62. The zero-order valence-electron chi connectivity index (χ0n) is 18.7. The number of Topliss-reactive ketones (excluding diaryl/α,β-unsaturated/α-hetero) is 2. The number of ketones is 2. The minimum atomic E-state index is -0.105. The van der Waals surface area contributed by atoms with Gasteiger partial charge in [0.05, 0.1) is 6.54 Å². The van der Waals surface area contributed by atoms with Crippen molar-refractivity contribution in [3.63, 3.8) is 0 Å². The van der Waals surface area contributed by atoms with Crippen LogP contribution in [-0.2, 0) is 11.2 Å². The molecule has 0 radical (unpaired) electrons. The summed E-state index contributed by atoms with van der Waals surface area (Å²) in [4.78, 5) is 38.8. The van der Waals surface area contributed by atoms with Gasteiger partial charge >= 0.3 is 0 Å². The van der Waals surface area contributed by atoms with Crippen LogP contribution in [0.3, 0.4) is 0 Å². The Labute approximate surface area is 184 Å². The lowest BCUT2D eigenvalue weighted by molar-refractivity contribution is -0.117. The lowest BCUT2D eigenvalue weighted by Crippen LogP contribution is -2.40. The highest BCUT2D eigenvalue weighted by atomic mass is 16.2. The van der Waals surface area contributed by atoms with Crippen molar-refractivity contribution in [1.29, 1.82) is 0 Å². The third-order valence-corrected chi connectivity index (χ3v) is 5.76. The Morgan fingerprint density at radius 1 is 1.00 bits per heavy atom. The van der Waals surface area contributed by atoms with E-state index in [1.54, 1.807) is 24.3 Å². The molecule has 1 amide bonds. The van der Waals surface area contributed by atoms with Gasteiger partial charge in [0.2, 0.25) is 5.91 Å². The van der Waals surface area contributed by atoms with Gasteiger partial charge in [0, 0.05) is 22.7 Å². The number of hydrogen-bond acceptors (Lipinski definition) is 4. The molecular weight excluding hydrogens is 388 g/mol. The quantitative estimate of drug-likeness (QED) is 0.633. The first-order valence-corrected chi connectivity index (χ1v) is 11.1. The fraction of sp³-hybridized carbons (Fsp3) is 0.423. The van der Waals surface area contributed by atoms with Gasteiger partial charge < -0.3 is 5.32 Å². The zero-order valence-corrected chi connectivity index (χ0v) is 18.7. The largest absolute Gasteiger partial charge is 0.325 e. The topological polar surface area (TPSA) is 66.5 Å². The van der Waals surface area contributed by atoms with Gasteiger partial charge in [0.25, 0.3) is 0 Å². The summed E-state index contributed by atoms with van der Waals surface area (Å²) < 4.78 is 0. The summed E-state index contributed by atoms with van der Waals surface area (Å²) in [7, 11) is 0. The van der Waals surface area contributed by atoms with Gasteiger partial charge in [-0.3, -0.25) is 19.3 Å². The van der Waals surface area contributed by atoms with Crippen LogP contribution in [0, 0.1) is 11.8 Å². The SMILES string of the molecule is CC(=O)c1cccc(NC(=O)CN2CCC(C(=O)c3ccc(CC(C)C)cc3)CC2)c1. The number of carbonyl (C=O) groups excluding carboxylic acids is 3. The van der Waals surface area contributed by atoms with Gasteiger partial charge in [0.1, 0.15) is 0 Å². The van der Waals surface area contributed by atoms with Crippen LogP contribution in [0.2, 0.25) is 0 Å². The third kappa shape index (κ3) is 6.59. The molecule has 164 valence electrons. The van der Waals surface area contributed by atoms with Crippen LogP contribution in [0.4, 0.5) is 5.69 Å². The summed E-state index contributed by atoms with van der Waals surface area (Å²) in [5, 5.41) is 2.86. The van der Waals surface area contributed by atoms with E-state index in [9.17, 15) is 14.4 Å². The Morgan fingerprint density at radius 2 is 1.68 bits per heavy atom. The molecule has 31 heavy (non-hydrogen) atoms. The maximum atomic E-state index is 12.9. The van der Waals surface area contributed by atoms with Crippen molar-refractivity contribution in [2.24, 2.45) is 11.8 Å². The van der Waals surface area contributed by atoms with Crippen molar-refractivity contribution >= 4 is 23.2 Å². The van der Waals surface area contributed by atoms with Crippen molar-refractivity contribution < 1.29 is 14.4 Å². The van der Waals surface area contributed by atoms with E-state index in [-0.39, 0.29) is 29.9 Å².